The number of aryl methyl sites for hydroxylation is 1. The third-order valence-corrected chi connectivity index (χ3v) is 4.78. The van der Waals surface area contributed by atoms with Crippen molar-refractivity contribution in [3.63, 3.8) is 0 Å². The SMILES string of the molecule is CC(CCc1ccco1)NS(=O)(=O)c1ccc(CO)cc1. The summed E-state index contributed by atoms with van der Waals surface area (Å²) in [4.78, 5) is 0.199. The Morgan fingerprint density at radius 2 is 1.95 bits per heavy atom. The summed E-state index contributed by atoms with van der Waals surface area (Å²) in [6.07, 6.45) is 2.94. The van der Waals surface area contributed by atoms with Crippen molar-refractivity contribution < 1.29 is 17.9 Å². The van der Waals surface area contributed by atoms with Crippen LogP contribution in [0.4, 0.5) is 0 Å². The number of aliphatic hydroxyl groups is 1. The zero-order valence-corrected chi connectivity index (χ0v) is 12.6. The Kier molecular flexibility index (Phi) is 5.17. The molecule has 0 fully saturated rings. The zero-order chi connectivity index (χ0) is 15.3. The van der Waals surface area contributed by atoms with E-state index in [0.717, 1.165) is 5.76 Å². The molecule has 6 heteroatoms. The molecule has 1 aromatic heterocycles. The van der Waals surface area contributed by atoms with E-state index >= 15 is 0 Å². The van der Waals surface area contributed by atoms with Gasteiger partial charge in [-0.25, -0.2) is 13.1 Å². The number of hydrogen-bond donors (Lipinski definition) is 2. The number of aliphatic hydroxyl groups excluding tert-OH is 1. The molecule has 0 saturated heterocycles. The van der Waals surface area contributed by atoms with Crippen LogP contribution in [0.5, 0.6) is 0 Å². The molecule has 1 unspecified atom stereocenters. The van der Waals surface area contributed by atoms with Gasteiger partial charge >= 0.3 is 0 Å². The predicted octanol–water partition coefficient (Wildman–Crippen LogP) is 2.07. The number of rotatable bonds is 7. The minimum Gasteiger partial charge on any atom is -0.469 e. The Morgan fingerprint density at radius 1 is 1.24 bits per heavy atom. The Morgan fingerprint density at radius 3 is 2.52 bits per heavy atom. The molecule has 114 valence electrons. The summed E-state index contributed by atoms with van der Waals surface area (Å²) in [5, 5.41) is 8.96. The molecule has 0 saturated carbocycles. The average molecular weight is 309 g/mol. The van der Waals surface area contributed by atoms with Crippen LogP contribution in [-0.2, 0) is 23.1 Å². The second kappa shape index (κ2) is 6.89. The fourth-order valence-corrected chi connectivity index (χ4v) is 3.26. The summed E-state index contributed by atoms with van der Waals surface area (Å²) in [5.41, 5.74) is 0.680. The summed E-state index contributed by atoms with van der Waals surface area (Å²) >= 11 is 0. The van der Waals surface area contributed by atoms with Crippen LogP contribution >= 0.6 is 0 Å². The monoisotopic (exact) mass is 309 g/mol. The third-order valence-electron chi connectivity index (χ3n) is 3.18. The largest absolute Gasteiger partial charge is 0.469 e. The Hall–Kier alpha value is -1.63. The van der Waals surface area contributed by atoms with Gasteiger partial charge in [-0.2, -0.15) is 0 Å². The minimum atomic E-state index is -3.54. The van der Waals surface area contributed by atoms with Crippen LogP contribution in [0.3, 0.4) is 0 Å². The van der Waals surface area contributed by atoms with Crippen LogP contribution in [0.2, 0.25) is 0 Å². The standard InChI is InChI=1S/C15H19NO4S/c1-12(4-7-14-3-2-10-20-14)16-21(18,19)15-8-5-13(11-17)6-9-15/h2-3,5-6,8-10,12,16-17H,4,7,11H2,1H3. The van der Waals surface area contributed by atoms with Gasteiger partial charge in [0.1, 0.15) is 5.76 Å². The van der Waals surface area contributed by atoms with E-state index in [1.807, 2.05) is 19.1 Å². The van der Waals surface area contributed by atoms with E-state index in [2.05, 4.69) is 4.72 Å². The maximum absolute atomic E-state index is 12.2. The normalized spacial score (nSPS) is 13.2. The molecule has 5 nitrogen and oxygen atoms in total. The molecule has 0 aliphatic heterocycles. The van der Waals surface area contributed by atoms with Gasteiger partial charge in [0.05, 0.1) is 17.8 Å². The van der Waals surface area contributed by atoms with Crippen molar-refractivity contribution in [2.75, 3.05) is 0 Å². The Labute approximate surface area is 124 Å². The third kappa shape index (κ3) is 4.42. The van der Waals surface area contributed by atoms with Crippen molar-refractivity contribution in [3.05, 3.63) is 54.0 Å². The molecule has 0 radical (unpaired) electrons. The van der Waals surface area contributed by atoms with Crippen molar-refractivity contribution >= 4 is 10.0 Å². The minimum absolute atomic E-state index is 0.104. The van der Waals surface area contributed by atoms with Gasteiger partial charge in [0.2, 0.25) is 10.0 Å². The van der Waals surface area contributed by atoms with E-state index in [0.29, 0.717) is 18.4 Å². The average Bonchev–Trinajstić information content (AvgIpc) is 2.98. The smallest absolute Gasteiger partial charge is 0.240 e. The second-order valence-corrected chi connectivity index (χ2v) is 6.66. The second-order valence-electron chi connectivity index (χ2n) is 4.94. The van der Waals surface area contributed by atoms with Crippen molar-refractivity contribution in [2.24, 2.45) is 0 Å². The molecule has 2 aromatic rings. The van der Waals surface area contributed by atoms with Crippen LogP contribution in [0.15, 0.2) is 52.0 Å². The van der Waals surface area contributed by atoms with E-state index in [1.165, 1.54) is 12.1 Å². The van der Waals surface area contributed by atoms with Crippen LogP contribution in [0.25, 0.3) is 0 Å². The highest BCUT2D eigenvalue weighted by molar-refractivity contribution is 7.89. The van der Waals surface area contributed by atoms with Gasteiger partial charge in [-0.3, -0.25) is 0 Å². The molecule has 0 bridgehead atoms. The van der Waals surface area contributed by atoms with Crippen molar-refractivity contribution in [1.82, 2.24) is 4.72 Å². The molecule has 1 heterocycles. The number of furan rings is 1. The fraction of sp³-hybridized carbons (Fsp3) is 0.333. The number of benzene rings is 1. The zero-order valence-electron chi connectivity index (χ0n) is 11.8. The molecule has 21 heavy (non-hydrogen) atoms. The van der Waals surface area contributed by atoms with Gasteiger partial charge < -0.3 is 9.52 Å². The number of nitrogens with one attached hydrogen (secondary N) is 1. The lowest BCUT2D eigenvalue weighted by Crippen LogP contribution is -2.32. The number of sulfonamides is 1. The van der Waals surface area contributed by atoms with E-state index in [-0.39, 0.29) is 17.5 Å². The van der Waals surface area contributed by atoms with E-state index in [4.69, 9.17) is 9.52 Å². The first-order valence-corrected chi connectivity index (χ1v) is 8.24. The molecule has 2 N–H and O–H groups in total. The first kappa shape index (κ1) is 15.8. The van der Waals surface area contributed by atoms with Gasteiger partial charge in [0, 0.05) is 12.5 Å². The first-order valence-electron chi connectivity index (χ1n) is 6.76. The maximum atomic E-state index is 12.2. The molecule has 0 spiro atoms. The van der Waals surface area contributed by atoms with Crippen molar-refractivity contribution in [2.45, 2.75) is 37.3 Å². The fourth-order valence-electron chi connectivity index (χ4n) is 1.98. The van der Waals surface area contributed by atoms with Gasteiger partial charge in [-0.15, -0.1) is 0 Å². The van der Waals surface area contributed by atoms with Crippen LogP contribution in [-0.4, -0.2) is 19.6 Å². The Balaban J connectivity index is 1.95. The van der Waals surface area contributed by atoms with Gasteiger partial charge in [-0.1, -0.05) is 12.1 Å². The molecular weight excluding hydrogens is 290 g/mol. The molecule has 0 aliphatic rings. The summed E-state index contributed by atoms with van der Waals surface area (Å²) in [6, 6.07) is 9.67. The summed E-state index contributed by atoms with van der Waals surface area (Å²) in [5.74, 6) is 0.841. The van der Waals surface area contributed by atoms with Crippen LogP contribution < -0.4 is 4.72 Å². The molecule has 0 amide bonds. The van der Waals surface area contributed by atoms with E-state index in [1.54, 1.807) is 18.4 Å². The summed E-state index contributed by atoms with van der Waals surface area (Å²) in [6.45, 7) is 1.72. The topological polar surface area (TPSA) is 79.5 Å². The highest BCUT2D eigenvalue weighted by atomic mass is 32.2. The molecule has 1 atom stereocenters. The van der Waals surface area contributed by atoms with Crippen LogP contribution in [0, 0.1) is 0 Å². The van der Waals surface area contributed by atoms with Gasteiger partial charge in [-0.05, 0) is 43.2 Å². The van der Waals surface area contributed by atoms with Crippen LogP contribution in [0.1, 0.15) is 24.7 Å². The lowest BCUT2D eigenvalue weighted by molar-refractivity contribution is 0.282. The Bertz CT molecular complexity index is 647. The van der Waals surface area contributed by atoms with Gasteiger partial charge in [0.25, 0.3) is 0 Å². The highest BCUT2D eigenvalue weighted by Gasteiger charge is 2.17. The lowest BCUT2D eigenvalue weighted by atomic mass is 10.2. The molecular formula is C15H19NO4S. The molecule has 2 rings (SSSR count). The quantitative estimate of drug-likeness (QED) is 0.820. The number of hydrogen-bond acceptors (Lipinski definition) is 4. The van der Waals surface area contributed by atoms with Crippen molar-refractivity contribution in [1.29, 1.82) is 0 Å². The van der Waals surface area contributed by atoms with Crippen molar-refractivity contribution in [3.8, 4) is 0 Å². The molecule has 1 aromatic carbocycles. The highest BCUT2D eigenvalue weighted by Crippen LogP contribution is 2.13. The summed E-state index contributed by atoms with van der Waals surface area (Å²) < 4.78 is 32.3. The van der Waals surface area contributed by atoms with E-state index < -0.39 is 10.0 Å². The predicted molar refractivity (Wildman–Crippen MR) is 79.2 cm³/mol. The summed E-state index contributed by atoms with van der Waals surface area (Å²) in [7, 11) is -3.54. The molecule has 0 aliphatic carbocycles. The maximum Gasteiger partial charge on any atom is 0.240 e. The van der Waals surface area contributed by atoms with Gasteiger partial charge in [0.15, 0.2) is 0 Å². The first-order chi connectivity index (χ1) is 10.0. The van der Waals surface area contributed by atoms with E-state index in [9.17, 15) is 8.42 Å². The lowest BCUT2D eigenvalue weighted by Gasteiger charge is -2.13.